The minimum Gasteiger partial charge on any atom is -0.497 e. The average molecular weight is 301 g/mol. The van der Waals surface area contributed by atoms with E-state index in [1.165, 1.54) is 5.56 Å². The predicted octanol–water partition coefficient (Wildman–Crippen LogP) is 5.22. The van der Waals surface area contributed by atoms with E-state index >= 15 is 0 Å². The number of allylic oxidation sites excluding steroid dienone is 5. The third-order valence-electron chi connectivity index (χ3n) is 3.66. The summed E-state index contributed by atoms with van der Waals surface area (Å²) in [4.78, 5) is 4.76. The number of methoxy groups -OCH3 is 1. The predicted molar refractivity (Wildman–Crippen MR) is 97.3 cm³/mol. The zero-order valence-corrected chi connectivity index (χ0v) is 13.1. The largest absolute Gasteiger partial charge is 0.497 e. The van der Waals surface area contributed by atoms with Crippen molar-refractivity contribution in [3.63, 3.8) is 0 Å². The van der Waals surface area contributed by atoms with E-state index in [0.717, 1.165) is 17.1 Å². The van der Waals surface area contributed by atoms with Gasteiger partial charge in [0.15, 0.2) is 0 Å². The zero-order chi connectivity index (χ0) is 15.9. The molecule has 1 aliphatic rings. The van der Waals surface area contributed by atoms with E-state index < -0.39 is 0 Å². The van der Waals surface area contributed by atoms with Crippen LogP contribution in [0.3, 0.4) is 0 Å². The molecule has 0 aromatic heterocycles. The molecule has 0 saturated heterocycles. The van der Waals surface area contributed by atoms with Crippen LogP contribution in [-0.4, -0.2) is 12.8 Å². The lowest BCUT2D eigenvalue weighted by Crippen LogP contribution is -2.09. The third-order valence-corrected chi connectivity index (χ3v) is 3.66. The fourth-order valence-electron chi connectivity index (χ4n) is 2.41. The van der Waals surface area contributed by atoms with Gasteiger partial charge in [0.2, 0.25) is 0 Å². The SMILES string of the molecule is COc1ccc(N=C2C=CC=CC2C=Cc2ccccc2)cc1. The summed E-state index contributed by atoms with van der Waals surface area (Å²) in [7, 11) is 1.67. The molecule has 0 fully saturated rings. The average Bonchev–Trinajstić information content (AvgIpc) is 2.62. The van der Waals surface area contributed by atoms with E-state index in [4.69, 9.17) is 9.73 Å². The molecule has 1 atom stereocenters. The topological polar surface area (TPSA) is 21.6 Å². The van der Waals surface area contributed by atoms with Crippen molar-refractivity contribution in [2.45, 2.75) is 0 Å². The van der Waals surface area contributed by atoms with Crippen LogP contribution in [0, 0.1) is 5.92 Å². The molecular weight excluding hydrogens is 282 g/mol. The van der Waals surface area contributed by atoms with Crippen LogP contribution in [0.25, 0.3) is 6.08 Å². The van der Waals surface area contributed by atoms with E-state index in [-0.39, 0.29) is 5.92 Å². The van der Waals surface area contributed by atoms with Crippen molar-refractivity contribution in [1.29, 1.82) is 0 Å². The third kappa shape index (κ3) is 4.07. The Bertz CT molecular complexity index is 752. The van der Waals surface area contributed by atoms with Crippen molar-refractivity contribution in [2.75, 3.05) is 7.11 Å². The maximum absolute atomic E-state index is 5.18. The Kier molecular flexibility index (Phi) is 4.85. The number of nitrogens with zero attached hydrogens (tertiary/aromatic N) is 1. The Morgan fingerprint density at radius 3 is 2.48 bits per heavy atom. The van der Waals surface area contributed by atoms with Crippen LogP contribution in [0.15, 0.2) is 90.0 Å². The standard InChI is InChI=1S/C21H19NO/c1-23-20-15-13-19(14-16-20)22-21-10-6-5-9-18(21)12-11-17-7-3-2-4-8-17/h2-16,18H,1H3. The molecule has 0 radical (unpaired) electrons. The molecule has 23 heavy (non-hydrogen) atoms. The Labute approximate surface area is 137 Å². The number of hydrogen-bond acceptors (Lipinski definition) is 2. The van der Waals surface area contributed by atoms with Gasteiger partial charge >= 0.3 is 0 Å². The second-order valence-electron chi connectivity index (χ2n) is 5.27. The number of rotatable bonds is 4. The van der Waals surface area contributed by atoms with E-state index in [9.17, 15) is 0 Å². The summed E-state index contributed by atoms with van der Waals surface area (Å²) in [5.41, 5.74) is 3.16. The lowest BCUT2D eigenvalue weighted by molar-refractivity contribution is 0.415. The smallest absolute Gasteiger partial charge is 0.119 e. The first kappa shape index (κ1) is 15.0. The minimum absolute atomic E-state index is 0.183. The highest BCUT2D eigenvalue weighted by Crippen LogP contribution is 2.21. The molecule has 0 aliphatic heterocycles. The Morgan fingerprint density at radius 1 is 0.957 bits per heavy atom. The second kappa shape index (κ2) is 7.41. The van der Waals surface area contributed by atoms with Crippen LogP contribution < -0.4 is 4.74 Å². The summed E-state index contributed by atoms with van der Waals surface area (Å²) in [6.07, 6.45) is 12.6. The molecule has 114 valence electrons. The van der Waals surface area contributed by atoms with Crippen LogP contribution in [-0.2, 0) is 0 Å². The molecule has 1 unspecified atom stereocenters. The van der Waals surface area contributed by atoms with Crippen LogP contribution in [0.4, 0.5) is 5.69 Å². The fraction of sp³-hybridized carbons (Fsp3) is 0.0952. The summed E-state index contributed by atoms with van der Waals surface area (Å²) in [5, 5.41) is 0. The van der Waals surface area contributed by atoms with Gasteiger partial charge in [-0.05, 0) is 35.9 Å². The molecule has 1 aliphatic carbocycles. The van der Waals surface area contributed by atoms with E-state index in [2.05, 4.69) is 42.5 Å². The van der Waals surface area contributed by atoms with Gasteiger partial charge in [0.05, 0.1) is 18.5 Å². The molecular formula is C21H19NO. The van der Waals surface area contributed by atoms with Crippen molar-refractivity contribution in [3.05, 3.63) is 90.5 Å². The molecule has 0 saturated carbocycles. The normalized spacial score (nSPS) is 18.7. The number of benzene rings is 2. The lowest BCUT2D eigenvalue weighted by atomic mass is 9.97. The van der Waals surface area contributed by atoms with Gasteiger partial charge < -0.3 is 4.74 Å². The van der Waals surface area contributed by atoms with Gasteiger partial charge in [0.25, 0.3) is 0 Å². The minimum atomic E-state index is 0.183. The zero-order valence-electron chi connectivity index (χ0n) is 13.1. The van der Waals surface area contributed by atoms with Gasteiger partial charge in [-0.3, -0.25) is 4.99 Å². The Hall–Kier alpha value is -2.87. The summed E-state index contributed by atoms with van der Waals surface area (Å²) >= 11 is 0. The summed E-state index contributed by atoms with van der Waals surface area (Å²) < 4.78 is 5.18. The molecule has 2 heteroatoms. The first-order valence-electron chi connectivity index (χ1n) is 7.66. The molecule has 0 heterocycles. The van der Waals surface area contributed by atoms with Crippen molar-refractivity contribution < 1.29 is 4.74 Å². The quantitative estimate of drug-likeness (QED) is 0.758. The highest BCUT2D eigenvalue weighted by atomic mass is 16.5. The maximum atomic E-state index is 5.18. The Balaban J connectivity index is 1.81. The van der Waals surface area contributed by atoms with Crippen molar-refractivity contribution in [1.82, 2.24) is 0 Å². The van der Waals surface area contributed by atoms with E-state index in [1.54, 1.807) is 7.11 Å². The van der Waals surface area contributed by atoms with Crippen LogP contribution in [0.1, 0.15) is 5.56 Å². The van der Waals surface area contributed by atoms with Crippen LogP contribution in [0.5, 0.6) is 5.75 Å². The van der Waals surface area contributed by atoms with Crippen molar-refractivity contribution in [2.24, 2.45) is 10.9 Å². The first-order chi connectivity index (χ1) is 11.3. The van der Waals surface area contributed by atoms with Gasteiger partial charge in [-0.15, -0.1) is 0 Å². The highest BCUT2D eigenvalue weighted by Gasteiger charge is 2.09. The van der Waals surface area contributed by atoms with E-state index in [0.29, 0.717) is 0 Å². The molecule has 0 N–H and O–H groups in total. The number of aliphatic imine (C=N–C) groups is 1. The molecule has 0 amide bonds. The Morgan fingerprint density at radius 2 is 1.74 bits per heavy atom. The summed E-state index contributed by atoms with van der Waals surface area (Å²) in [5.74, 6) is 1.02. The molecule has 2 aromatic rings. The number of hydrogen-bond donors (Lipinski definition) is 0. The van der Waals surface area contributed by atoms with E-state index in [1.807, 2.05) is 48.5 Å². The van der Waals surface area contributed by atoms with Gasteiger partial charge in [0.1, 0.15) is 5.75 Å². The van der Waals surface area contributed by atoms with Crippen LogP contribution in [0.2, 0.25) is 0 Å². The highest BCUT2D eigenvalue weighted by molar-refractivity contribution is 6.02. The molecule has 3 rings (SSSR count). The van der Waals surface area contributed by atoms with Crippen molar-refractivity contribution >= 4 is 17.5 Å². The molecule has 2 aromatic carbocycles. The van der Waals surface area contributed by atoms with Crippen LogP contribution >= 0.6 is 0 Å². The van der Waals surface area contributed by atoms with Gasteiger partial charge in [-0.25, -0.2) is 0 Å². The van der Waals surface area contributed by atoms with Gasteiger partial charge in [0, 0.05) is 5.92 Å². The van der Waals surface area contributed by atoms with Gasteiger partial charge in [-0.2, -0.15) is 0 Å². The molecule has 2 nitrogen and oxygen atoms in total. The monoisotopic (exact) mass is 301 g/mol. The second-order valence-corrected chi connectivity index (χ2v) is 5.27. The molecule has 0 bridgehead atoms. The maximum Gasteiger partial charge on any atom is 0.119 e. The fourth-order valence-corrected chi connectivity index (χ4v) is 2.41. The molecule has 0 spiro atoms. The lowest BCUT2D eigenvalue weighted by Gasteiger charge is -2.12. The summed E-state index contributed by atoms with van der Waals surface area (Å²) in [6.45, 7) is 0. The summed E-state index contributed by atoms with van der Waals surface area (Å²) in [6, 6.07) is 18.1. The van der Waals surface area contributed by atoms with Gasteiger partial charge in [-0.1, -0.05) is 60.7 Å². The van der Waals surface area contributed by atoms with Crippen molar-refractivity contribution in [3.8, 4) is 5.75 Å². The first-order valence-corrected chi connectivity index (χ1v) is 7.66. The number of ether oxygens (including phenoxy) is 1.